The molecular weight excluding hydrogens is 561 g/mol. The second kappa shape index (κ2) is 11.5. The standard InChI is InChI=1S/C35H34F5NO2/c1-4-22-12-13-27-28(17-22)32(41)34(15-14-26(19-34)30(33(3,36)37)25-7-5-6-21(2)16-25)29(31(27)42)18-23-8-10-24(11-9-23)20-43-35(38,39)40/h5-13,16-18,26,30,41H,4,14-15,19-20H2,1-3H3/b29-18-,41-32?. The average Bonchev–Trinajstić information content (AvgIpc) is 3.37. The Morgan fingerprint density at radius 2 is 1.70 bits per heavy atom. The van der Waals surface area contributed by atoms with E-state index in [2.05, 4.69) is 4.74 Å². The lowest BCUT2D eigenvalue weighted by atomic mass is 9.63. The molecule has 1 saturated carbocycles. The van der Waals surface area contributed by atoms with Crippen LogP contribution in [-0.2, 0) is 17.8 Å². The number of Topliss-reactive ketones (excluding diaryl/α,β-unsaturated/α-hetero) is 1. The molecule has 1 N–H and O–H groups in total. The highest BCUT2D eigenvalue weighted by Crippen LogP contribution is 2.58. The van der Waals surface area contributed by atoms with Crippen molar-refractivity contribution in [2.24, 2.45) is 11.3 Å². The van der Waals surface area contributed by atoms with Crippen molar-refractivity contribution in [2.45, 2.75) is 71.3 Å². The second-order valence-corrected chi connectivity index (χ2v) is 11.9. The molecule has 0 bridgehead atoms. The van der Waals surface area contributed by atoms with Crippen LogP contribution in [0.3, 0.4) is 0 Å². The maximum Gasteiger partial charge on any atom is 0.522 e. The van der Waals surface area contributed by atoms with E-state index in [9.17, 15) is 23.4 Å². The van der Waals surface area contributed by atoms with Gasteiger partial charge in [-0.05, 0) is 79.8 Å². The van der Waals surface area contributed by atoms with Gasteiger partial charge in [-0.25, -0.2) is 8.78 Å². The molecule has 8 heteroatoms. The van der Waals surface area contributed by atoms with E-state index in [1.807, 2.05) is 32.0 Å². The van der Waals surface area contributed by atoms with E-state index in [1.165, 1.54) is 12.1 Å². The van der Waals surface area contributed by atoms with E-state index in [-0.39, 0.29) is 17.9 Å². The molecule has 3 nitrogen and oxygen atoms in total. The van der Waals surface area contributed by atoms with Gasteiger partial charge in [-0.15, -0.1) is 13.2 Å². The zero-order valence-corrected chi connectivity index (χ0v) is 24.3. The molecule has 2 aliphatic rings. The maximum atomic E-state index is 15.3. The number of ketones is 1. The van der Waals surface area contributed by atoms with Crippen LogP contribution in [0.5, 0.6) is 0 Å². The van der Waals surface area contributed by atoms with Crippen LogP contribution in [-0.4, -0.2) is 23.8 Å². The third kappa shape index (κ3) is 6.21. The van der Waals surface area contributed by atoms with Gasteiger partial charge in [0.1, 0.15) is 0 Å². The lowest BCUT2D eigenvalue weighted by molar-refractivity contribution is -0.330. The van der Waals surface area contributed by atoms with Crippen molar-refractivity contribution in [1.29, 1.82) is 5.41 Å². The summed E-state index contributed by atoms with van der Waals surface area (Å²) >= 11 is 0. The van der Waals surface area contributed by atoms with Gasteiger partial charge in [-0.3, -0.25) is 9.53 Å². The Bertz CT molecular complexity index is 1570. The fourth-order valence-electron chi connectivity index (χ4n) is 6.90. The number of allylic oxidation sites excluding steroid dienone is 1. The minimum atomic E-state index is -4.75. The van der Waals surface area contributed by atoms with Crippen molar-refractivity contribution < 1.29 is 31.5 Å². The van der Waals surface area contributed by atoms with Crippen LogP contribution in [0, 0.1) is 23.7 Å². The second-order valence-electron chi connectivity index (χ2n) is 11.9. The predicted octanol–water partition coefficient (Wildman–Crippen LogP) is 9.47. The Morgan fingerprint density at radius 3 is 2.33 bits per heavy atom. The quantitative estimate of drug-likeness (QED) is 0.219. The van der Waals surface area contributed by atoms with Gasteiger partial charge < -0.3 is 5.41 Å². The molecule has 5 rings (SSSR count). The molecule has 43 heavy (non-hydrogen) atoms. The van der Waals surface area contributed by atoms with Gasteiger partial charge in [0, 0.05) is 22.1 Å². The fourth-order valence-corrected chi connectivity index (χ4v) is 6.90. The molecule has 0 radical (unpaired) electrons. The predicted molar refractivity (Wildman–Crippen MR) is 157 cm³/mol. The largest absolute Gasteiger partial charge is 0.522 e. The van der Waals surface area contributed by atoms with E-state index in [1.54, 1.807) is 42.5 Å². The number of carbonyl (C=O) groups is 1. The van der Waals surface area contributed by atoms with Crippen molar-refractivity contribution in [3.05, 3.63) is 111 Å². The van der Waals surface area contributed by atoms with Crippen molar-refractivity contribution in [2.75, 3.05) is 0 Å². The number of aryl methyl sites for hydroxylation is 2. The number of carbonyl (C=O) groups excluding carboxylic acids is 1. The molecule has 1 fully saturated rings. The highest BCUT2D eigenvalue weighted by molar-refractivity contribution is 6.27. The number of ether oxygens (including phenoxy) is 1. The van der Waals surface area contributed by atoms with Gasteiger partial charge in [0.2, 0.25) is 0 Å². The minimum absolute atomic E-state index is 0.207. The number of alkyl halides is 5. The molecule has 3 atom stereocenters. The van der Waals surface area contributed by atoms with E-state index < -0.39 is 36.1 Å². The summed E-state index contributed by atoms with van der Waals surface area (Å²) in [5, 5.41) is 9.44. The summed E-state index contributed by atoms with van der Waals surface area (Å²) in [6.07, 6.45) is -1.38. The minimum Gasteiger partial charge on any atom is -0.304 e. The molecule has 0 heterocycles. The molecule has 3 aromatic carbocycles. The lowest BCUT2D eigenvalue weighted by Gasteiger charge is -2.39. The highest BCUT2D eigenvalue weighted by Gasteiger charge is 2.55. The summed E-state index contributed by atoms with van der Waals surface area (Å²) in [6.45, 7) is 4.14. The van der Waals surface area contributed by atoms with Gasteiger partial charge in [-0.1, -0.05) is 73.2 Å². The number of hydrogen-bond donors (Lipinski definition) is 1. The first-order chi connectivity index (χ1) is 20.2. The van der Waals surface area contributed by atoms with Crippen LogP contribution < -0.4 is 0 Å². The highest BCUT2D eigenvalue weighted by atomic mass is 19.4. The van der Waals surface area contributed by atoms with Gasteiger partial charge in [0.05, 0.1) is 18.2 Å². The Hall–Kier alpha value is -3.65. The Labute approximate surface area is 248 Å². The monoisotopic (exact) mass is 595 g/mol. The number of rotatable bonds is 7. The SMILES string of the molecule is CCc1ccc2c(c1)C(=N)C1(CCC(C(c3cccc(C)c3)C(C)(F)F)C1)/C(=C\c1ccc(COC(F)(F)F)cc1)C2=O. The van der Waals surface area contributed by atoms with Gasteiger partial charge in [-0.2, -0.15) is 0 Å². The third-order valence-corrected chi connectivity index (χ3v) is 8.91. The molecule has 0 saturated heterocycles. The van der Waals surface area contributed by atoms with E-state index >= 15 is 8.78 Å². The maximum absolute atomic E-state index is 15.3. The third-order valence-electron chi connectivity index (χ3n) is 8.91. The van der Waals surface area contributed by atoms with Gasteiger partial charge >= 0.3 is 6.36 Å². The summed E-state index contributed by atoms with van der Waals surface area (Å²) in [5.74, 6) is -4.87. The normalized spacial score (nSPS) is 22.3. The van der Waals surface area contributed by atoms with Crippen LogP contribution in [0.15, 0.2) is 72.3 Å². The van der Waals surface area contributed by atoms with Crippen molar-refractivity contribution in [1.82, 2.24) is 0 Å². The molecule has 1 spiro atoms. The van der Waals surface area contributed by atoms with Gasteiger partial charge in [0.25, 0.3) is 5.92 Å². The molecule has 2 aliphatic carbocycles. The summed E-state index contributed by atoms with van der Waals surface area (Å²) in [4.78, 5) is 14.1. The molecule has 3 aromatic rings. The van der Waals surface area contributed by atoms with Crippen molar-refractivity contribution in [3.63, 3.8) is 0 Å². The fraction of sp³-hybridized carbons (Fsp3) is 0.371. The van der Waals surface area contributed by atoms with E-state index in [4.69, 9.17) is 0 Å². The summed E-state index contributed by atoms with van der Waals surface area (Å²) < 4.78 is 72.1. The van der Waals surface area contributed by atoms with Crippen LogP contribution in [0.4, 0.5) is 22.0 Å². The Balaban J connectivity index is 1.58. The summed E-state index contributed by atoms with van der Waals surface area (Å²) in [7, 11) is 0. The van der Waals surface area contributed by atoms with Crippen LogP contribution in [0.25, 0.3) is 6.08 Å². The van der Waals surface area contributed by atoms with E-state index in [0.717, 1.165) is 24.5 Å². The first kappa shape index (κ1) is 30.8. The first-order valence-corrected chi connectivity index (χ1v) is 14.4. The van der Waals surface area contributed by atoms with Crippen LogP contribution in [0.1, 0.15) is 82.8 Å². The Morgan fingerprint density at radius 1 is 1.00 bits per heavy atom. The van der Waals surface area contributed by atoms with Crippen molar-refractivity contribution >= 4 is 17.6 Å². The number of fused-ring (bicyclic) bond motifs is 1. The smallest absolute Gasteiger partial charge is 0.304 e. The van der Waals surface area contributed by atoms with Gasteiger partial charge in [0.15, 0.2) is 5.78 Å². The number of benzene rings is 3. The Kier molecular flexibility index (Phi) is 8.20. The molecular formula is C35H34F5NO2. The number of nitrogens with one attached hydrogen (secondary N) is 1. The zero-order chi connectivity index (χ0) is 31.2. The number of halogens is 5. The molecule has 0 aromatic heterocycles. The number of hydrogen-bond acceptors (Lipinski definition) is 3. The molecule has 0 aliphatic heterocycles. The topological polar surface area (TPSA) is 50.1 Å². The van der Waals surface area contributed by atoms with Crippen molar-refractivity contribution in [3.8, 4) is 0 Å². The summed E-state index contributed by atoms with van der Waals surface area (Å²) in [6, 6.07) is 18.8. The average molecular weight is 596 g/mol. The van der Waals surface area contributed by atoms with E-state index in [0.29, 0.717) is 46.2 Å². The van der Waals surface area contributed by atoms with Crippen LogP contribution >= 0.6 is 0 Å². The molecule has 0 amide bonds. The summed E-state index contributed by atoms with van der Waals surface area (Å²) in [5.41, 5.74) is 3.74. The molecule has 3 unspecified atom stereocenters. The molecule has 226 valence electrons. The zero-order valence-electron chi connectivity index (χ0n) is 24.3. The van der Waals surface area contributed by atoms with Crippen LogP contribution in [0.2, 0.25) is 0 Å². The lowest BCUT2D eigenvalue weighted by Crippen LogP contribution is -2.40. The first-order valence-electron chi connectivity index (χ1n) is 14.4.